The zero-order valence-corrected chi connectivity index (χ0v) is 22.8. The van der Waals surface area contributed by atoms with Crippen LogP contribution in [0.1, 0.15) is 35.2 Å². The number of tetrazole rings is 1. The predicted molar refractivity (Wildman–Crippen MR) is 148 cm³/mol. The second-order valence-electron chi connectivity index (χ2n) is 9.36. The smallest absolute Gasteiger partial charge is 0.409 e. The Morgan fingerprint density at radius 1 is 1.15 bits per heavy atom. The Labute approximate surface area is 240 Å². The van der Waals surface area contributed by atoms with Gasteiger partial charge in [0.25, 0.3) is 0 Å². The molecular weight excluding hydrogens is 554 g/mol. The first kappa shape index (κ1) is 29.2. The molecule has 13 nitrogen and oxygen atoms in total. The van der Waals surface area contributed by atoms with E-state index in [0.717, 1.165) is 0 Å². The van der Waals surface area contributed by atoms with E-state index < -0.39 is 29.9 Å². The molecule has 41 heavy (non-hydrogen) atoms. The fraction of sp³-hybridized carbons (Fsp3) is 0.296. The molecule has 3 amide bonds. The molecule has 3 aromatic rings. The molecule has 0 saturated carbocycles. The molecule has 1 aliphatic heterocycles. The largest absolute Gasteiger partial charge is 0.478 e. The van der Waals surface area contributed by atoms with Gasteiger partial charge in [0.15, 0.2) is 0 Å². The highest BCUT2D eigenvalue weighted by Gasteiger charge is 2.29. The normalized spacial score (nSPS) is 14.4. The number of nitrogens with one attached hydrogen (secondary N) is 2. The number of hydrogen-bond acceptors (Lipinski definition) is 8. The average Bonchev–Trinajstić information content (AvgIpc) is 3.51. The van der Waals surface area contributed by atoms with Crippen molar-refractivity contribution in [2.24, 2.45) is 5.92 Å². The number of aromatic nitrogens is 4. The van der Waals surface area contributed by atoms with E-state index in [2.05, 4.69) is 26.2 Å². The van der Waals surface area contributed by atoms with Gasteiger partial charge in [-0.15, -0.1) is 5.10 Å². The summed E-state index contributed by atoms with van der Waals surface area (Å²) in [6, 6.07) is 9.85. The molecule has 3 N–H and O–H groups in total. The van der Waals surface area contributed by atoms with Crippen LogP contribution in [0.2, 0.25) is 5.02 Å². The number of hydrogen-bond donors (Lipinski definition) is 3. The molecule has 4 rings (SSSR count). The number of likely N-dealkylation sites (tertiary alicyclic amines) is 1. The van der Waals surface area contributed by atoms with Crippen molar-refractivity contribution in [1.29, 1.82) is 0 Å². The Morgan fingerprint density at radius 2 is 1.88 bits per heavy atom. The molecule has 1 aromatic heterocycles. The van der Waals surface area contributed by atoms with Gasteiger partial charge in [0.2, 0.25) is 11.8 Å². The third-order valence-corrected chi connectivity index (χ3v) is 6.88. The van der Waals surface area contributed by atoms with Crippen molar-refractivity contribution >= 4 is 47.2 Å². The Bertz CT molecular complexity index is 1420. The van der Waals surface area contributed by atoms with Gasteiger partial charge in [0.1, 0.15) is 12.4 Å². The average molecular weight is 582 g/mol. The summed E-state index contributed by atoms with van der Waals surface area (Å²) in [5.41, 5.74) is 1.65. The molecule has 1 atom stereocenters. The molecule has 1 aliphatic rings. The number of carboxylic acid groups (broad SMARTS) is 1. The van der Waals surface area contributed by atoms with E-state index in [1.54, 1.807) is 29.2 Å². The van der Waals surface area contributed by atoms with Crippen LogP contribution in [0, 0.1) is 5.92 Å². The summed E-state index contributed by atoms with van der Waals surface area (Å²) < 4.78 is 6.22. The molecular formula is C27H28ClN7O6. The molecule has 214 valence electrons. The molecule has 1 fully saturated rings. The number of halogens is 1. The summed E-state index contributed by atoms with van der Waals surface area (Å²) in [6.07, 6.45) is 5.46. The summed E-state index contributed by atoms with van der Waals surface area (Å²) in [6.45, 7) is 0.954. The maximum absolute atomic E-state index is 13.3. The van der Waals surface area contributed by atoms with Crippen LogP contribution in [0.25, 0.3) is 11.8 Å². The third-order valence-electron chi connectivity index (χ3n) is 6.65. The van der Waals surface area contributed by atoms with Gasteiger partial charge in [0.05, 0.1) is 18.4 Å². The third kappa shape index (κ3) is 7.88. The number of amides is 3. The highest BCUT2D eigenvalue weighted by Crippen LogP contribution is 2.24. The van der Waals surface area contributed by atoms with E-state index in [-0.39, 0.29) is 11.5 Å². The van der Waals surface area contributed by atoms with Crippen LogP contribution in [0.3, 0.4) is 0 Å². The van der Waals surface area contributed by atoms with E-state index >= 15 is 0 Å². The summed E-state index contributed by atoms with van der Waals surface area (Å²) in [7, 11) is 1.33. The fourth-order valence-corrected chi connectivity index (χ4v) is 4.68. The van der Waals surface area contributed by atoms with Crippen molar-refractivity contribution in [3.63, 3.8) is 0 Å². The Balaban J connectivity index is 1.48. The maximum Gasteiger partial charge on any atom is 0.409 e. The van der Waals surface area contributed by atoms with Crippen LogP contribution in [0.5, 0.6) is 0 Å². The summed E-state index contributed by atoms with van der Waals surface area (Å²) in [5, 5.41) is 26.2. The van der Waals surface area contributed by atoms with Gasteiger partial charge in [-0.3, -0.25) is 9.59 Å². The quantitative estimate of drug-likeness (QED) is 0.321. The van der Waals surface area contributed by atoms with Crippen LogP contribution in [-0.4, -0.2) is 80.3 Å². The topological polar surface area (TPSA) is 169 Å². The van der Waals surface area contributed by atoms with E-state index in [4.69, 9.17) is 21.4 Å². The first-order valence-corrected chi connectivity index (χ1v) is 13.1. The Morgan fingerprint density at radius 3 is 2.51 bits per heavy atom. The van der Waals surface area contributed by atoms with E-state index in [1.165, 1.54) is 48.5 Å². The molecule has 1 saturated heterocycles. The minimum atomic E-state index is -1.08. The Hall–Kier alpha value is -4.78. The number of carbonyl (C=O) groups excluding carboxylic acids is 3. The molecule has 0 spiro atoms. The minimum absolute atomic E-state index is 0.0599. The molecule has 1 unspecified atom stereocenters. The number of rotatable bonds is 9. The number of carboxylic acids is 1. The van der Waals surface area contributed by atoms with Gasteiger partial charge < -0.3 is 25.4 Å². The van der Waals surface area contributed by atoms with Crippen LogP contribution >= 0.6 is 11.6 Å². The summed E-state index contributed by atoms with van der Waals surface area (Å²) in [4.78, 5) is 50.9. The lowest BCUT2D eigenvalue weighted by Gasteiger charge is -2.32. The number of ether oxygens (including phenoxy) is 1. The van der Waals surface area contributed by atoms with Crippen LogP contribution in [-0.2, 0) is 14.3 Å². The highest BCUT2D eigenvalue weighted by atomic mass is 35.5. The first-order valence-electron chi connectivity index (χ1n) is 12.7. The van der Waals surface area contributed by atoms with Crippen molar-refractivity contribution in [1.82, 2.24) is 30.4 Å². The Kier molecular flexibility index (Phi) is 9.64. The van der Waals surface area contributed by atoms with Crippen LogP contribution in [0.15, 0.2) is 54.9 Å². The fourth-order valence-electron chi connectivity index (χ4n) is 4.50. The first-order chi connectivity index (χ1) is 19.7. The molecule has 2 aromatic carbocycles. The van der Waals surface area contributed by atoms with E-state index in [0.29, 0.717) is 54.3 Å². The summed E-state index contributed by atoms with van der Waals surface area (Å²) >= 11 is 6.16. The van der Waals surface area contributed by atoms with Gasteiger partial charge >= 0.3 is 12.1 Å². The zero-order chi connectivity index (χ0) is 29.4. The van der Waals surface area contributed by atoms with E-state index in [9.17, 15) is 19.2 Å². The van der Waals surface area contributed by atoms with Gasteiger partial charge in [-0.2, -0.15) is 4.68 Å². The number of carbonyl (C=O) groups is 4. The number of aromatic carboxylic acids is 1. The van der Waals surface area contributed by atoms with Crippen molar-refractivity contribution in [2.75, 3.05) is 25.5 Å². The molecule has 0 radical (unpaired) electrons. The lowest BCUT2D eigenvalue weighted by molar-refractivity contribution is -0.124. The number of nitrogens with zero attached hydrogens (tertiary/aromatic N) is 5. The predicted octanol–water partition coefficient (Wildman–Crippen LogP) is 3.02. The molecule has 2 heterocycles. The van der Waals surface area contributed by atoms with Crippen molar-refractivity contribution in [3.8, 4) is 5.69 Å². The second-order valence-corrected chi connectivity index (χ2v) is 9.80. The zero-order valence-electron chi connectivity index (χ0n) is 22.1. The molecule has 14 heteroatoms. The van der Waals surface area contributed by atoms with Gasteiger partial charge in [0, 0.05) is 35.4 Å². The lowest BCUT2D eigenvalue weighted by atomic mass is 9.90. The standard InChI is InChI=1S/C27H28ClN7O6/c1-41-27(40)34-12-10-17(11-13-34)14-22(25(37)30-21-6-2-18(3-7-21)26(38)39)31-24(36)9-4-19-15-20(28)5-8-23(19)35-16-29-32-33-35/h2-9,15-17,22H,10-14H2,1H3,(H,30,37)(H,31,36)(H,38,39). The second kappa shape index (κ2) is 13.5. The SMILES string of the molecule is COC(=O)N1CCC(CC(NC(=O)C=Cc2cc(Cl)ccc2-n2cnnn2)C(=O)Nc2ccc(C(=O)O)cc2)CC1. The number of methoxy groups -OCH3 is 1. The number of benzene rings is 2. The highest BCUT2D eigenvalue weighted by molar-refractivity contribution is 6.30. The van der Waals surface area contributed by atoms with Crippen molar-refractivity contribution < 1.29 is 29.0 Å². The summed E-state index contributed by atoms with van der Waals surface area (Å²) in [5.74, 6) is -1.99. The monoisotopic (exact) mass is 581 g/mol. The van der Waals surface area contributed by atoms with Gasteiger partial charge in [-0.1, -0.05) is 11.6 Å². The lowest BCUT2D eigenvalue weighted by Crippen LogP contribution is -2.46. The van der Waals surface area contributed by atoms with Crippen LogP contribution in [0.4, 0.5) is 10.5 Å². The minimum Gasteiger partial charge on any atom is -0.478 e. The van der Waals surface area contributed by atoms with Crippen molar-refractivity contribution in [2.45, 2.75) is 25.3 Å². The number of anilines is 1. The maximum atomic E-state index is 13.3. The van der Waals surface area contributed by atoms with Crippen LogP contribution < -0.4 is 10.6 Å². The molecule has 0 aliphatic carbocycles. The number of piperidine rings is 1. The molecule has 0 bridgehead atoms. The van der Waals surface area contributed by atoms with Gasteiger partial charge in [-0.05, 0) is 84.1 Å². The van der Waals surface area contributed by atoms with Gasteiger partial charge in [-0.25, -0.2) is 9.59 Å². The van der Waals surface area contributed by atoms with E-state index in [1.807, 2.05) is 0 Å². The van der Waals surface area contributed by atoms with Crippen molar-refractivity contribution in [3.05, 3.63) is 71.0 Å².